The second kappa shape index (κ2) is 5.47. The molecule has 3 heteroatoms. The summed E-state index contributed by atoms with van der Waals surface area (Å²) in [5.74, 6) is 0.720. The van der Waals surface area contributed by atoms with Crippen molar-refractivity contribution in [3.05, 3.63) is 64.2 Å². The van der Waals surface area contributed by atoms with E-state index in [-0.39, 0.29) is 12.1 Å². The van der Waals surface area contributed by atoms with Gasteiger partial charge < -0.3 is 10.5 Å². The standard InChI is InChI=1S/C17H18ClNO/c1-11-6-8-15(14(18)10-11)20-16-9-7-12-4-2-3-5-13(12)17(16)19/h2-6,8,10,16-17H,7,9,19H2,1H3. The third-order valence-electron chi connectivity index (χ3n) is 3.88. The molecule has 0 heterocycles. The van der Waals surface area contributed by atoms with Gasteiger partial charge in [0.15, 0.2) is 0 Å². The summed E-state index contributed by atoms with van der Waals surface area (Å²) in [5.41, 5.74) is 9.99. The number of halogens is 1. The predicted molar refractivity (Wildman–Crippen MR) is 82.3 cm³/mol. The number of hydrogen-bond donors (Lipinski definition) is 1. The Kier molecular flexibility index (Phi) is 3.68. The summed E-state index contributed by atoms with van der Waals surface area (Å²) in [6.45, 7) is 2.01. The molecular weight excluding hydrogens is 270 g/mol. The normalized spacial score (nSPS) is 21.4. The Morgan fingerprint density at radius 3 is 2.80 bits per heavy atom. The Bertz CT molecular complexity index is 626. The van der Waals surface area contributed by atoms with Gasteiger partial charge in [0.25, 0.3) is 0 Å². The Hall–Kier alpha value is -1.51. The van der Waals surface area contributed by atoms with Crippen LogP contribution in [0.3, 0.4) is 0 Å². The largest absolute Gasteiger partial charge is 0.487 e. The maximum Gasteiger partial charge on any atom is 0.138 e. The lowest BCUT2D eigenvalue weighted by Crippen LogP contribution is -2.35. The Labute approximate surface area is 124 Å². The average Bonchev–Trinajstić information content (AvgIpc) is 2.45. The first-order chi connectivity index (χ1) is 9.65. The number of nitrogens with two attached hydrogens (primary N) is 1. The zero-order valence-electron chi connectivity index (χ0n) is 11.5. The summed E-state index contributed by atoms with van der Waals surface area (Å²) in [5, 5.41) is 0.649. The van der Waals surface area contributed by atoms with E-state index >= 15 is 0 Å². The van der Waals surface area contributed by atoms with Gasteiger partial charge in [-0.25, -0.2) is 0 Å². The van der Waals surface area contributed by atoms with E-state index in [0.29, 0.717) is 5.02 Å². The number of hydrogen-bond acceptors (Lipinski definition) is 2. The van der Waals surface area contributed by atoms with Gasteiger partial charge in [-0.15, -0.1) is 0 Å². The molecule has 0 aromatic heterocycles. The minimum absolute atomic E-state index is 0.0230. The van der Waals surface area contributed by atoms with E-state index in [0.717, 1.165) is 24.2 Å². The lowest BCUT2D eigenvalue weighted by atomic mass is 9.86. The minimum atomic E-state index is -0.0997. The first-order valence-electron chi connectivity index (χ1n) is 6.91. The van der Waals surface area contributed by atoms with E-state index in [1.165, 1.54) is 11.1 Å². The van der Waals surface area contributed by atoms with Crippen molar-refractivity contribution in [3.63, 3.8) is 0 Å². The molecule has 2 aromatic carbocycles. The van der Waals surface area contributed by atoms with E-state index in [1.807, 2.05) is 31.2 Å². The van der Waals surface area contributed by atoms with Crippen LogP contribution < -0.4 is 10.5 Å². The van der Waals surface area contributed by atoms with Gasteiger partial charge in [0.05, 0.1) is 11.1 Å². The van der Waals surface area contributed by atoms with Crippen molar-refractivity contribution in [1.29, 1.82) is 0 Å². The number of benzene rings is 2. The van der Waals surface area contributed by atoms with Crippen LogP contribution in [0.15, 0.2) is 42.5 Å². The highest BCUT2D eigenvalue weighted by Crippen LogP contribution is 2.33. The van der Waals surface area contributed by atoms with Crippen LogP contribution in [0.5, 0.6) is 5.75 Å². The summed E-state index contributed by atoms with van der Waals surface area (Å²) in [4.78, 5) is 0. The molecule has 0 aliphatic heterocycles. The molecule has 0 radical (unpaired) electrons. The van der Waals surface area contributed by atoms with Gasteiger partial charge in [-0.05, 0) is 48.6 Å². The summed E-state index contributed by atoms with van der Waals surface area (Å²) in [6.07, 6.45) is 1.89. The van der Waals surface area contributed by atoms with Crippen LogP contribution in [0, 0.1) is 6.92 Å². The molecular formula is C17H18ClNO. The van der Waals surface area contributed by atoms with E-state index in [4.69, 9.17) is 22.1 Å². The molecule has 0 saturated heterocycles. The van der Waals surface area contributed by atoms with Crippen LogP contribution in [-0.2, 0) is 6.42 Å². The lowest BCUT2D eigenvalue weighted by Gasteiger charge is -2.31. The van der Waals surface area contributed by atoms with Gasteiger partial charge in [-0.1, -0.05) is 41.9 Å². The van der Waals surface area contributed by atoms with Crippen LogP contribution in [0.25, 0.3) is 0 Å². The molecule has 0 amide bonds. The van der Waals surface area contributed by atoms with Crippen molar-refractivity contribution in [2.75, 3.05) is 0 Å². The van der Waals surface area contributed by atoms with Crippen molar-refractivity contribution >= 4 is 11.6 Å². The molecule has 2 atom stereocenters. The first-order valence-corrected chi connectivity index (χ1v) is 7.29. The maximum atomic E-state index is 6.35. The highest BCUT2D eigenvalue weighted by atomic mass is 35.5. The van der Waals surface area contributed by atoms with Gasteiger partial charge in [-0.2, -0.15) is 0 Å². The quantitative estimate of drug-likeness (QED) is 0.905. The second-order valence-electron chi connectivity index (χ2n) is 5.35. The molecule has 1 aliphatic rings. The van der Waals surface area contributed by atoms with Gasteiger partial charge >= 0.3 is 0 Å². The molecule has 0 spiro atoms. The fourth-order valence-corrected chi connectivity index (χ4v) is 3.04. The van der Waals surface area contributed by atoms with E-state index in [2.05, 4.69) is 18.2 Å². The monoisotopic (exact) mass is 287 g/mol. The Morgan fingerprint density at radius 1 is 1.20 bits per heavy atom. The molecule has 3 rings (SSSR count). The number of aryl methyl sites for hydroxylation is 2. The van der Waals surface area contributed by atoms with Gasteiger partial charge in [0, 0.05) is 0 Å². The topological polar surface area (TPSA) is 35.2 Å². The highest BCUT2D eigenvalue weighted by molar-refractivity contribution is 6.32. The van der Waals surface area contributed by atoms with Gasteiger partial charge in [0.2, 0.25) is 0 Å². The molecule has 2 nitrogen and oxygen atoms in total. The van der Waals surface area contributed by atoms with Crippen molar-refractivity contribution in [2.24, 2.45) is 5.73 Å². The fourth-order valence-electron chi connectivity index (χ4n) is 2.76. The molecule has 0 fully saturated rings. The summed E-state index contributed by atoms with van der Waals surface area (Å²) >= 11 is 6.23. The average molecular weight is 288 g/mol. The van der Waals surface area contributed by atoms with E-state index < -0.39 is 0 Å². The van der Waals surface area contributed by atoms with Crippen LogP contribution in [-0.4, -0.2) is 6.10 Å². The minimum Gasteiger partial charge on any atom is -0.487 e. The molecule has 0 saturated carbocycles. The van der Waals surface area contributed by atoms with E-state index in [1.54, 1.807) is 0 Å². The molecule has 0 bridgehead atoms. The van der Waals surface area contributed by atoms with Crippen molar-refractivity contribution < 1.29 is 4.74 Å². The van der Waals surface area contributed by atoms with Gasteiger partial charge in [0.1, 0.15) is 11.9 Å². The molecule has 2 N–H and O–H groups in total. The van der Waals surface area contributed by atoms with Gasteiger partial charge in [-0.3, -0.25) is 0 Å². The van der Waals surface area contributed by atoms with Crippen LogP contribution >= 0.6 is 11.6 Å². The summed E-state index contributed by atoms with van der Waals surface area (Å²) in [6, 6.07) is 14.1. The first kappa shape index (κ1) is 13.5. The van der Waals surface area contributed by atoms with Crippen molar-refractivity contribution in [3.8, 4) is 5.75 Å². The summed E-state index contributed by atoms with van der Waals surface area (Å²) < 4.78 is 6.05. The lowest BCUT2D eigenvalue weighted by molar-refractivity contribution is 0.153. The molecule has 1 aliphatic carbocycles. The van der Waals surface area contributed by atoms with Crippen LogP contribution in [0.1, 0.15) is 29.2 Å². The van der Waals surface area contributed by atoms with Crippen LogP contribution in [0.2, 0.25) is 5.02 Å². The predicted octanol–water partition coefficient (Wildman–Crippen LogP) is 4.04. The third kappa shape index (κ3) is 2.54. The summed E-state index contributed by atoms with van der Waals surface area (Å²) in [7, 11) is 0. The molecule has 2 unspecified atom stereocenters. The third-order valence-corrected chi connectivity index (χ3v) is 4.17. The Morgan fingerprint density at radius 2 is 2.00 bits per heavy atom. The SMILES string of the molecule is Cc1ccc(OC2CCc3ccccc3C2N)c(Cl)c1. The number of rotatable bonds is 2. The van der Waals surface area contributed by atoms with Crippen molar-refractivity contribution in [2.45, 2.75) is 31.9 Å². The Balaban J connectivity index is 1.83. The zero-order chi connectivity index (χ0) is 14.1. The zero-order valence-corrected chi connectivity index (χ0v) is 12.2. The maximum absolute atomic E-state index is 6.35. The number of fused-ring (bicyclic) bond motifs is 1. The molecule has 104 valence electrons. The highest BCUT2D eigenvalue weighted by Gasteiger charge is 2.28. The number of ether oxygens (including phenoxy) is 1. The smallest absolute Gasteiger partial charge is 0.138 e. The molecule has 20 heavy (non-hydrogen) atoms. The molecule has 2 aromatic rings. The van der Waals surface area contributed by atoms with Crippen LogP contribution in [0.4, 0.5) is 0 Å². The van der Waals surface area contributed by atoms with Crippen molar-refractivity contribution in [1.82, 2.24) is 0 Å². The second-order valence-corrected chi connectivity index (χ2v) is 5.76. The fraction of sp³-hybridized carbons (Fsp3) is 0.294. The van der Waals surface area contributed by atoms with E-state index in [9.17, 15) is 0 Å².